The first-order chi connectivity index (χ1) is 6.42. The Labute approximate surface area is 80.1 Å². The Morgan fingerprint density at radius 1 is 1.23 bits per heavy atom. The lowest BCUT2D eigenvalue weighted by Crippen LogP contribution is -1.97. The molecule has 0 saturated heterocycles. The largest absolute Gasteiger partial charge is 0.210 e. The summed E-state index contributed by atoms with van der Waals surface area (Å²) < 4.78 is 1.54. The molecule has 4 nitrogen and oxygen atoms in total. The summed E-state index contributed by atoms with van der Waals surface area (Å²) in [4.78, 5) is 0. The van der Waals surface area contributed by atoms with Gasteiger partial charge in [0.15, 0.2) is 5.82 Å². The molecule has 0 unspecified atom stereocenters. The van der Waals surface area contributed by atoms with E-state index in [1.54, 1.807) is 0 Å². The lowest BCUT2D eigenvalue weighted by atomic mass is 10.2. The molecule has 0 aliphatic rings. The molecule has 5 heteroatoms. The fraction of sp³-hybridized carbons (Fsp3) is 0.125. The van der Waals surface area contributed by atoms with Crippen molar-refractivity contribution in [2.75, 3.05) is 0 Å². The number of nitrogens with zero attached hydrogens (tertiary/aromatic N) is 4. The van der Waals surface area contributed by atoms with Crippen LogP contribution in [0.5, 0.6) is 0 Å². The van der Waals surface area contributed by atoms with Gasteiger partial charge in [0.1, 0.15) is 6.00 Å². The Morgan fingerprint density at radius 3 is 2.69 bits per heavy atom. The normalized spacial score (nSPS) is 10.2. The highest BCUT2D eigenvalue weighted by Crippen LogP contribution is 2.14. The van der Waals surface area contributed by atoms with Crippen LogP contribution in [0.4, 0.5) is 0 Å². The first-order valence-electron chi connectivity index (χ1n) is 3.79. The van der Waals surface area contributed by atoms with E-state index in [0.717, 1.165) is 5.56 Å². The minimum Gasteiger partial charge on any atom is -0.210 e. The van der Waals surface area contributed by atoms with Crippen LogP contribution < -0.4 is 0 Å². The van der Waals surface area contributed by atoms with Gasteiger partial charge in [-0.1, -0.05) is 30.3 Å². The molecule has 0 radical (unpaired) electrons. The molecule has 0 aliphatic carbocycles. The summed E-state index contributed by atoms with van der Waals surface area (Å²) in [5.41, 5.74) is 0.966. The molecule has 0 atom stereocenters. The molecule has 0 saturated carbocycles. The standard InChI is InChI=1S/C8H7ClN4/c9-6-13-8(10-11-12-13)7-4-2-1-3-5-7/h1-5H,6H2. The van der Waals surface area contributed by atoms with Crippen LogP contribution >= 0.6 is 11.6 Å². The van der Waals surface area contributed by atoms with Gasteiger partial charge in [-0.15, -0.1) is 16.7 Å². The SMILES string of the molecule is ClCn1nnnc1-c1ccccc1. The van der Waals surface area contributed by atoms with E-state index in [1.807, 2.05) is 30.3 Å². The lowest BCUT2D eigenvalue weighted by Gasteiger charge is -1.98. The lowest BCUT2D eigenvalue weighted by molar-refractivity contribution is 0.697. The summed E-state index contributed by atoms with van der Waals surface area (Å²) in [6.45, 7) is 0. The molecule has 0 aliphatic heterocycles. The summed E-state index contributed by atoms with van der Waals surface area (Å²) in [5.74, 6) is 0.690. The highest BCUT2D eigenvalue weighted by Gasteiger charge is 2.05. The van der Waals surface area contributed by atoms with Gasteiger partial charge < -0.3 is 0 Å². The van der Waals surface area contributed by atoms with Crippen molar-refractivity contribution in [3.8, 4) is 11.4 Å². The first kappa shape index (κ1) is 8.19. The third-order valence-electron chi connectivity index (χ3n) is 1.68. The molecule has 1 heterocycles. The molecule has 0 amide bonds. The van der Waals surface area contributed by atoms with E-state index >= 15 is 0 Å². The highest BCUT2D eigenvalue weighted by molar-refractivity contribution is 6.15. The van der Waals surface area contributed by atoms with Gasteiger partial charge >= 0.3 is 0 Å². The second kappa shape index (κ2) is 3.53. The van der Waals surface area contributed by atoms with Crippen LogP contribution in [0.3, 0.4) is 0 Å². The number of halogens is 1. The molecule has 66 valence electrons. The van der Waals surface area contributed by atoms with Gasteiger partial charge in [-0.25, -0.2) is 4.68 Å². The molecule has 2 rings (SSSR count). The van der Waals surface area contributed by atoms with Crippen LogP contribution in [0.1, 0.15) is 0 Å². The zero-order chi connectivity index (χ0) is 9.10. The van der Waals surface area contributed by atoms with Gasteiger partial charge in [-0.05, 0) is 10.4 Å². The van der Waals surface area contributed by atoms with Crippen LogP contribution in [0, 0.1) is 0 Å². The maximum atomic E-state index is 5.64. The van der Waals surface area contributed by atoms with Crippen LogP contribution in [-0.4, -0.2) is 20.2 Å². The van der Waals surface area contributed by atoms with E-state index in [0.29, 0.717) is 5.82 Å². The van der Waals surface area contributed by atoms with Gasteiger partial charge in [-0.3, -0.25) is 0 Å². The zero-order valence-electron chi connectivity index (χ0n) is 6.76. The van der Waals surface area contributed by atoms with E-state index in [9.17, 15) is 0 Å². The molecule has 2 aromatic rings. The molecule has 0 N–H and O–H groups in total. The molecule has 0 bridgehead atoms. The van der Waals surface area contributed by atoms with Crippen molar-refractivity contribution < 1.29 is 0 Å². The average molecular weight is 195 g/mol. The van der Waals surface area contributed by atoms with Crippen molar-refractivity contribution in [1.82, 2.24) is 20.2 Å². The Bertz CT molecular complexity index is 384. The molecular weight excluding hydrogens is 188 g/mol. The number of hydrogen-bond donors (Lipinski definition) is 0. The smallest absolute Gasteiger partial charge is 0.183 e. The van der Waals surface area contributed by atoms with E-state index in [4.69, 9.17) is 11.6 Å². The van der Waals surface area contributed by atoms with Crippen molar-refractivity contribution in [1.29, 1.82) is 0 Å². The quantitative estimate of drug-likeness (QED) is 0.682. The van der Waals surface area contributed by atoms with E-state index in [2.05, 4.69) is 15.5 Å². The van der Waals surface area contributed by atoms with Gasteiger partial charge in [0.25, 0.3) is 0 Å². The van der Waals surface area contributed by atoms with Crippen LogP contribution in [-0.2, 0) is 6.00 Å². The maximum absolute atomic E-state index is 5.64. The Morgan fingerprint density at radius 2 is 2.00 bits per heavy atom. The van der Waals surface area contributed by atoms with Crippen molar-refractivity contribution in [3.63, 3.8) is 0 Å². The van der Waals surface area contributed by atoms with E-state index in [-0.39, 0.29) is 6.00 Å². The number of aromatic nitrogens is 4. The van der Waals surface area contributed by atoms with Crippen LogP contribution in [0.2, 0.25) is 0 Å². The van der Waals surface area contributed by atoms with Crippen molar-refractivity contribution >= 4 is 11.6 Å². The van der Waals surface area contributed by atoms with Gasteiger partial charge in [0.05, 0.1) is 0 Å². The maximum Gasteiger partial charge on any atom is 0.183 e. The van der Waals surface area contributed by atoms with Crippen LogP contribution in [0.15, 0.2) is 30.3 Å². The van der Waals surface area contributed by atoms with Crippen molar-refractivity contribution in [3.05, 3.63) is 30.3 Å². The Kier molecular flexibility index (Phi) is 2.23. The summed E-state index contributed by atoms with van der Waals surface area (Å²) in [7, 11) is 0. The zero-order valence-corrected chi connectivity index (χ0v) is 7.52. The third kappa shape index (κ3) is 1.53. The fourth-order valence-electron chi connectivity index (χ4n) is 1.08. The monoisotopic (exact) mass is 194 g/mol. The van der Waals surface area contributed by atoms with E-state index < -0.39 is 0 Å². The predicted molar refractivity (Wildman–Crippen MR) is 49.1 cm³/mol. The molecule has 1 aromatic carbocycles. The molecule has 13 heavy (non-hydrogen) atoms. The summed E-state index contributed by atoms with van der Waals surface area (Å²) in [6, 6.07) is 9.95. The molecular formula is C8H7ClN4. The van der Waals surface area contributed by atoms with Crippen molar-refractivity contribution in [2.24, 2.45) is 0 Å². The Balaban J connectivity index is 2.47. The fourth-order valence-corrected chi connectivity index (χ4v) is 1.24. The number of alkyl halides is 1. The second-order valence-electron chi connectivity index (χ2n) is 2.49. The molecule has 1 aromatic heterocycles. The average Bonchev–Trinajstić information content (AvgIpc) is 2.67. The van der Waals surface area contributed by atoms with Crippen molar-refractivity contribution in [2.45, 2.75) is 6.00 Å². The number of tetrazole rings is 1. The van der Waals surface area contributed by atoms with Gasteiger partial charge in [0, 0.05) is 5.56 Å². The summed E-state index contributed by atoms with van der Waals surface area (Å²) in [6.07, 6.45) is 0. The van der Waals surface area contributed by atoms with Crippen LogP contribution in [0.25, 0.3) is 11.4 Å². The number of benzene rings is 1. The minimum absolute atomic E-state index is 0.261. The number of hydrogen-bond acceptors (Lipinski definition) is 3. The summed E-state index contributed by atoms with van der Waals surface area (Å²) in [5, 5.41) is 11.2. The van der Waals surface area contributed by atoms with E-state index in [1.165, 1.54) is 4.68 Å². The molecule has 0 fully saturated rings. The topological polar surface area (TPSA) is 43.6 Å². The minimum atomic E-state index is 0.261. The number of rotatable bonds is 2. The highest BCUT2D eigenvalue weighted by atomic mass is 35.5. The molecule has 0 spiro atoms. The predicted octanol–water partition coefficient (Wildman–Crippen LogP) is 1.54. The van der Waals surface area contributed by atoms with Gasteiger partial charge in [0.2, 0.25) is 0 Å². The first-order valence-corrected chi connectivity index (χ1v) is 4.33. The van der Waals surface area contributed by atoms with Gasteiger partial charge in [-0.2, -0.15) is 0 Å². The summed E-state index contributed by atoms with van der Waals surface area (Å²) >= 11 is 5.64. The Hall–Kier alpha value is -1.42. The second-order valence-corrected chi connectivity index (χ2v) is 2.73. The third-order valence-corrected chi connectivity index (χ3v) is 1.90.